The molecule has 0 unspecified atom stereocenters. The number of rotatable bonds is 0. The molecule has 0 aliphatic rings. The summed E-state index contributed by atoms with van der Waals surface area (Å²) in [6.45, 7) is 0. The number of benzene rings is 1. The van der Waals surface area contributed by atoms with Gasteiger partial charge in [0.2, 0.25) is 0 Å². The summed E-state index contributed by atoms with van der Waals surface area (Å²) in [5.41, 5.74) is 6.17. The van der Waals surface area contributed by atoms with Gasteiger partial charge in [0, 0.05) is 26.6 Å². The molecule has 0 radical (unpaired) electrons. The van der Waals surface area contributed by atoms with Crippen LogP contribution in [0.15, 0.2) is 29.0 Å². The van der Waals surface area contributed by atoms with Gasteiger partial charge in [-0.1, -0.05) is 0 Å². The number of hydrogen-bond donors (Lipinski definition) is 1. The fraction of sp³-hybridized carbons (Fsp3) is 0.125. The van der Waals surface area contributed by atoms with Crippen LogP contribution < -0.4 is 5.73 Å². The maximum absolute atomic E-state index is 4.99. The summed E-state index contributed by atoms with van der Waals surface area (Å²) in [6, 6.07) is 8.32. The van der Waals surface area contributed by atoms with Crippen LogP contribution in [-0.4, -0.2) is 12.0 Å². The molecule has 64 valence electrons. The van der Waals surface area contributed by atoms with Crippen LogP contribution in [0, 0.1) is 6.07 Å². The molecule has 2 N–H and O–H groups in total. The van der Waals surface area contributed by atoms with E-state index in [4.69, 9.17) is 4.42 Å². The Labute approximate surface area is 85.2 Å². The summed E-state index contributed by atoms with van der Waals surface area (Å²) in [5, 5.41) is 0. The first-order valence-corrected chi connectivity index (χ1v) is 3.24. The molecule has 0 saturated heterocycles. The van der Waals surface area contributed by atoms with Crippen molar-refractivity contribution in [3.63, 3.8) is 0 Å². The molecule has 0 fully saturated rings. The van der Waals surface area contributed by atoms with E-state index in [9.17, 15) is 0 Å². The van der Waals surface area contributed by atoms with E-state index in [1.807, 2.05) is 6.07 Å². The summed E-state index contributed by atoms with van der Waals surface area (Å²) in [4.78, 5) is 3.92. The summed E-state index contributed by atoms with van der Waals surface area (Å²) < 4.78 is 4.99. The van der Waals surface area contributed by atoms with Crippen molar-refractivity contribution in [2.45, 2.75) is 0 Å². The molecule has 0 aliphatic heterocycles. The third-order valence-electron chi connectivity index (χ3n) is 1.17. The average Bonchev–Trinajstić information content (AvgIpc) is 2.55. The van der Waals surface area contributed by atoms with E-state index in [1.165, 1.54) is 13.4 Å². The van der Waals surface area contributed by atoms with E-state index in [1.54, 1.807) is 12.1 Å². The Balaban J connectivity index is 0.000000378. The van der Waals surface area contributed by atoms with Gasteiger partial charge in [-0.05, 0) is 12.6 Å². The zero-order chi connectivity index (χ0) is 8.10. The van der Waals surface area contributed by atoms with E-state index >= 15 is 0 Å². The molecule has 1 heterocycles. The second-order valence-corrected chi connectivity index (χ2v) is 1.75. The van der Waals surface area contributed by atoms with Gasteiger partial charge in [-0.15, -0.1) is 12.1 Å². The smallest absolute Gasteiger partial charge is 0.166 e. The van der Waals surface area contributed by atoms with Crippen LogP contribution in [0.3, 0.4) is 0 Å². The van der Waals surface area contributed by atoms with Crippen molar-refractivity contribution in [2.75, 3.05) is 7.05 Å². The topological polar surface area (TPSA) is 52.0 Å². The van der Waals surface area contributed by atoms with E-state index < -0.39 is 0 Å². The molecular weight excluding hydrogens is 324 g/mol. The van der Waals surface area contributed by atoms with Crippen molar-refractivity contribution in [3.8, 4) is 0 Å². The number of nitrogens with zero attached hydrogens (tertiary/aromatic N) is 1. The maximum atomic E-state index is 4.99. The van der Waals surface area contributed by atoms with Gasteiger partial charge in [0.25, 0.3) is 0 Å². The molecule has 12 heavy (non-hydrogen) atoms. The number of oxazole rings is 1. The number of nitrogens with two attached hydrogens (primary N) is 1. The average molecular weight is 333 g/mol. The van der Waals surface area contributed by atoms with Crippen molar-refractivity contribution in [1.82, 2.24) is 4.98 Å². The molecule has 0 atom stereocenters. The van der Waals surface area contributed by atoms with E-state index in [2.05, 4.69) is 16.8 Å². The van der Waals surface area contributed by atoms with Crippen molar-refractivity contribution in [3.05, 3.63) is 30.7 Å². The predicted octanol–water partition coefficient (Wildman–Crippen LogP) is 1.20. The second kappa shape index (κ2) is 5.92. The molecule has 0 bridgehead atoms. The first-order chi connectivity index (χ1) is 5.47. The summed E-state index contributed by atoms with van der Waals surface area (Å²) in [5.74, 6) is 0. The number of fused-ring (bicyclic) bond motifs is 1. The molecule has 1 aromatic carbocycles. The van der Waals surface area contributed by atoms with Crippen molar-refractivity contribution in [1.29, 1.82) is 0 Å². The number of aromatic nitrogens is 1. The van der Waals surface area contributed by atoms with Crippen LogP contribution in [0.4, 0.5) is 0 Å². The molecule has 0 spiro atoms. The van der Waals surface area contributed by atoms with Crippen molar-refractivity contribution >= 4 is 11.1 Å². The summed E-state index contributed by atoms with van der Waals surface area (Å²) >= 11 is 0. The third-order valence-corrected chi connectivity index (χ3v) is 1.17. The van der Waals surface area contributed by atoms with Crippen LogP contribution >= 0.6 is 0 Å². The molecular formula is C8H9N2OW-. The normalized spacial score (nSPS) is 8.17. The van der Waals surface area contributed by atoms with Gasteiger partial charge in [0.05, 0.1) is 0 Å². The van der Waals surface area contributed by atoms with Crippen LogP contribution in [0.25, 0.3) is 11.1 Å². The van der Waals surface area contributed by atoms with E-state index in [0.717, 1.165) is 11.1 Å². The van der Waals surface area contributed by atoms with E-state index in [-0.39, 0.29) is 21.1 Å². The van der Waals surface area contributed by atoms with Crippen molar-refractivity contribution in [2.24, 2.45) is 5.73 Å². The molecule has 4 heteroatoms. The van der Waals surface area contributed by atoms with Gasteiger partial charge in [-0.3, -0.25) is 4.98 Å². The van der Waals surface area contributed by atoms with Crippen LogP contribution in [-0.2, 0) is 21.1 Å². The zero-order valence-electron chi connectivity index (χ0n) is 6.65. The minimum absolute atomic E-state index is 0. The van der Waals surface area contributed by atoms with Gasteiger partial charge in [-0.2, -0.15) is 12.1 Å². The second-order valence-electron chi connectivity index (χ2n) is 1.75. The number of hydrogen-bond acceptors (Lipinski definition) is 3. The quantitative estimate of drug-likeness (QED) is 0.738. The standard InChI is InChI=1S/C7H4NO.CH5N.W/c1-2-4-7-6(3-1)8-5-9-7;1-2;/h2-5H;2H2,1H3;/q-1;;. The first kappa shape index (κ1) is 11.3. The third kappa shape index (κ3) is 2.43. The predicted molar refractivity (Wildman–Crippen MR) is 43.0 cm³/mol. The Morgan fingerprint density at radius 3 is 2.92 bits per heavy atom. The Morgan fingerprint density at radius 2 is 2.25 bits per heavy atom. The molecule has 2 aromatic rings. The molecule has 1 aromatic heterocycles. The summed E-state index contributed by atoms with van der Waals surface area (Å²) in [7, 11) is 1.50. The van der Waals surface area contributed by atoms with Gasteiger partial charge in [-0.25, -0.2) is 0 Å². The Hall–Kier alpha value is -0.662. The SMILES string of the molecule is CN.[W].[c-]1ccc2ocnc2c1. The van der Waals surface area contributed by atoms with Crippen molar-refractivity contribution < 1.29 is 25.5 Å². The van der Waals surface area contributed by atoms with Gasteiger partial charge < -0.3 is 10.2 Å². The zero-order valence-corrected chi connectivity index (χ0v) is 9.58. The van der Waals surface area contributed by atoms with Crippen LogP contribution in [0.2, 0.25) is 0 Å². The van der Waals surface area contributed by atoms with E-state index in [0.29, 0.717) is 0 Å². The molecule has 3 nitrogen and oxygen atoms in total. The fourth-order valence-electron chi connectivity index (χ4n) is 0.748. The fourth-order valence-corrected chi connectivity index (χ4v) is 0.748. The Bertz CT molecular complexity index is 291. The summed E-state index contributed by atoms with van der Waals surface area (Å²) in [6.07, 6.45) is 1.43. The molecule has 0 aliphatic carbocycles. The molecule has 0 saturated carbocycles. The largest absolute Gasteiger partial charge is 0.470 e. The monoisotopic (exact) mass is 333 g/mol. The molecule has 2 rings (SSSR count). The first-order valence-electron chi connectivity index (χ1n) is 3.24. The van der Waals surface area contributed by atoms with Crippen LogP contribution in [0.1, 0.15) is 0 Å². The van der Waals surface area contributed by atoms with Gasteiger partial charge in [0.1, 0.15) is 0 Å². The maximum Gasteiger partial charge on any atom is 0.166 e. The van der Waals surface area contributed by atoms with Gasteiger partial charge in [0.15, 0.2) is 6.39 Å². The Morgan fingerprint density at radius 1 is 1.50 bits per heavy atom. The minimum atomic E-state index is 0. The minimum Gasteiger partial charge on any atom is -0.470 e. The van der Waals surface area contributed by atoms with Crippen LogP contribution in [0.5, 0.6) is 0 Å². The van der Waals surface area contributed by atoms with Gasteiger partial charge >= 0.3 is 0 Å². The Kier molecular flexibility index (Phi) is 5.60. The molecule has 0 amide bonds.